The fraction of sp³-hybridized carbons (Fsp3) is 0.500. The van der Waals surface area contributed by atoms with E-state index in [2.05, 4.69) is 46.7 Å². The first kappa shape index (κ1) is 15.7. The molecule has 0 aliphatic heterocycles. The highest BCUT2D eigenvalue weighted by atomic mass is 79.9. The normalized spacial score (nSPS) is 12.0. The maximum atomic E-state index is 13.7. The van der Waals surface area contributed by atoms with E-state index < -0.39 is 0 Å². The molecule has 0 saturated heterocycles. The van der Waals surface area contributed by atoms with E-state index >= 15 is 0 Å². The molecule has 1 aromatic heterocycles. The van der Waals surface area contributed by atoms with Crippen LogP contribution in [0.2, 0.25) is 0 Å². The molecule has 0 aliphatic rings. The van der Waals surface area contributed by atoms with Crippen LogP contribution >= 0.6 is 27.5 Å². The third kappa shape index (κ3) is 3.15. The Morgan fingerprint density at radius 2 is 2.15 bits per heavy atom. The Morgan fingerprint density at radius 1 is 1.45 bits per heavy atom. The summed E-state index contributed by atoms with van der Waals surface area (Å²) >= 11 is 9.15. The van der Waals surface area contributed by atoms with Crippen LogP contribution in [-0.4, -0.2) is 34.1 Å². The van der Waals surface area contributed by atoms with Crippen LogP contribution in [0.3, 0.4) is 0 Å². The Kier molecular flexibility index (Phi) is 5.04. The van der Waals surface area contributed by atoms with Gasteiger partial charge in [-0.2, -0.15) is 0 Å². The second-order valence-electron chi connectivity index (χ2n) is 5.14. The van der Waals surface area contributed by atoms with Gasteiger partial charge in [-0.05, 0) is 42.9 Å². The highest BCUT2D eigenvalue weighted by Crippen LogP contribution is 2.24. The van der Waals surface area contributed by atoms with E-state index in [1.54, 1.807) is 6.07 Å². The summed E-state index contributed by atoms with van der Waals surface area (Å²) < 4.78 is 16.2. The first-order valence-corrected chi connectivity index (χ1v) is 7.87. The lowest BCUT2D eigenvalue weighted by Crippen LogP contribution is -2.30. The van der Waals surface area contributed by atoms with Crippen LogP contribution in [0.25, 0.3) is 11.0 Å². The van der Waals surface area contributed by atoms with Crippen molar-refractivity contribution in [3.05, 3.63) is 28.2 Å². The molecule has 1 heterocycles. The number of benzene rings is 1. The fourth-order valence-corrected chi connectivity index (χ4v) is 2.57. The van der Waals surface area contributed by atoms with Gasteiger partial charge in [0.2, 0.25) is 0 Å². The van der Waals surface area contributed by atoms with Gasteiger partial charge >= 0.3 is 0 Å². The molecule has 2 rings (SSSR count). The molecule has 0 N–H and O–H groups in total. The molecule has 0 amide bonds. The van der Waals surface area contributed by atoms with Gasteiger partial charge in [-0.1, -0.05) is 0 Å². The van der Waals surface area contributed by atoms with Gasteiger partial charge in [0, 0.05) is 25.2 Å². The van der Waals surface area contributed by atoms with Crippen molar-refractivity contribution < 1.29 is 4.39 Å². The molecule has 0 fully saturated rings. The predicted molar refractivity (Wildman–Crippen MR) is 84.7 cm³/mol. The number of nitrogens with zero attached hydrogens (tertiary/aromatic N) is 3. The van der Waals surface area contributed by atoms with E-state index in [4.69, 9.17) is 11.6 Å². The molecule has 0 saturated carbocycles. The molecule has 0 spiro atoms. The molecule has 0 unspecified atom stereocenters. The third-order valence-corrected chi connectivity index (χ3v) is 4.39. The Morgan fingerprint density at radius 3 is 2.75 bits per heavy atom. The van der Waals surface area contributed by atoms with Crippen LogP contribution in [0, 0.1) is 5.82 Å². The highest BCUT2D eigenvalue weighted by Gasteiger charge is 2.14. The number of rotatable bonds is 5. The lowest BCUT2D eigenvalue weighted by molar-refractivity contribution is 0.263. The number of hydrogen-bond acceptors (Lipinski definition) is 2. The quantitative estimate of drug-likeness (QED) is 0.749. The first-order chi connectivity index (χ1) is 9.43. The van der Waals surface area contributed by atoms with Crippen LogP contribution in [0.1, 0.15) is 19.7 Å². The molecule has 0 bridgehead atoms. The summed E-state index contributed by atoms with van der Waals surface area (Å²) in [7, 11) is 2.07. The molecular weight excluding hydrogens is 345 g/mol. The summed E-state index contributed by atoms with van der Waals surface area (Å²) in [6.45, 7) is 5.90. The highest BCUT2D eigenvalue weighted by molar-refractivity contribution is 9.10. The predicted octanol–water partition coefficient (Wildman–Crippen LogP) is 4.02. The van der Waals surface area contributed by atoms with Crippen LogP contribution in [0.15, 0.2) is 16.6 Å². The van der Waals surface area contributed by atoms with Crippen LogP contribution < -0.4 is 0 Å². The number of hydrogen-bond donors (Lipinski definition) is 0. The second-order valence-corrected chi connectivity index (χ2v) is 6.26. The summed E-state index contributed by atoms with van der Waals surface area (Å²) in [5.41, 5.74) is 1.56. The molecule has 0 radical (unpaired) electrons. The lowest BCUT2D eigenvalue weighted by atomic mass is 10.3. The average Bonchev–Trinajstić information content (AvgIpc) is 2.73. The monoisotopic (exact) mass is 361 g/mol. The van der Waals surface area contributed by atoms with Crippen molar-refractivity contribution >= 4 is 38.6 Å². The molecule has 0 atom stereocenters. The maximum Gasteiger partial charge on any atom is 0.139 e. The van der Waals surface area contributed by atoms with E-state index in [9.17, 15) is 4.39 Å². The van der Waals surface area contributed by atoms with E-state index in [1.807, 2.05) is 4.57 Å². The van der Waals surface area contributed by atoms with Crippen molar-refractivity contribution in [2.24, 2.45) is 0 Å². The summed E-state index contributed by atoms with van der Waals surface area (Å²) in [4.78, 5) is 6.71. The van der Waals surface area contributed by atoms with E-state index in [0.29, 0.717) is 16.4 Å². The van der Waals surface area contributed by atoms with Gasteiger partial charge in [-0.25, -0.2) is 9.37 Å². The van der Waals surface area contributed by atoms with Crippen LogP contribution in [-0.2, 0) is 12.4 Å². The third-order valence-electron chi connectivity index (χ3n) is 3.55. The van der Waals surface area contributed by atoms with Crippen LogP contribution in [0.5, 0.6) is 0 Å². The molecular formula is C14H18BrClFN3. The van der Waals surface area contributed by atoms with Gasteiger partial charge < -0.3 is 9.47 Å². The number of alkyl halides is 1. The zero-order valence-corrected chi connectivity index (χ0v) is 14.2. The van der Waals surface area contributed by atoms with Crippen molar-refractivity contribution in [1.29, 1.82) is 0 Å². The first-order valence-electron chi connectivity index (χ1n) is 6.54. The molecule has 6 heteroatoms. The maximum absolute atomic E-state index is 13.7. The second kappa shape index (κ2) is 6.41. The van der Waals surface area contributed by atoms with Crippen molar-refractivity contribution in [2.75, 3.05) is 13.6 Å². The van der Waals surface area contributed by atoms with Gasteiger partial charge in [0.1, 0.15) is 11.6 Å². The number of imidazole rings is 1. The number of halogens is 3. The molecule has 3 nitrogen and oxygen atoms in total. The summed E-state index contributed by atoms with van der Waals surface area (Å²) in [5.74, 6) is 0.813. The number of fused-ring (bicyclic) bond motifs is 1. The molecule has 20 heavy (non-hydrogen) atoms. The Bertz CT molecular complexity index is 612. The smallest absolute Gasteiger partial charge is 0.139 e. The molecule has 1 aromatic carbocycles. The minimum absolute atomic E-state index is 0.281. The van der Waals surface area contributed by atoms with E-state index in [-0.39, 0.29) is 5.82 Å². The summed E-state index contributed by atoms with van der Waals surface area (Å²) in [6, 6.07) is 3.68. The van der Waals surface area contributed by atoms with Crippen molar-refractivity contribution in [3.8, 4) is 0 Å². The van der Waals surface area contributed by atoms with Gasteiger partial charge in [-0.3, -0.25) is 0 Å². The lowest BCUT2D eigenvalue weighted by Gasteiger charge is -2.21. The SMILES string of the molecule is CC(C)N(C)CCn1c(CCl)nc2cc(Br)c(F)cc21. The van der Waals surface area contributed by atoms with Crippen molar-refractivity contribution in [3.63, 3.8) is 0 Å². The molecule has 2 aromatic rings. The van der Waals surface area contributed by atoms with Crippen LogP contribution in [0.4, 0.5) is 4.39 Å². The van der Waals surface area contributed by atoms with E-state index in [1.165, 1.54) is 6.07 Å². The molecule has 110 valence electrons. The topological polar surface area (TPSA) is 21.1 Å². The van der Waals surface area contributed by atoms with Crippen molar-refractivity contribution in [2.45, 2.75) is 32.3 Å². The Labute approximate surface area is 131 Å². The van der Waals surface area contributed by atoms with Gasteiger partial charge in [0.25, 0.3) is 0 Å². The fourth-order valence-electron chi connectivity index (χ4n) is 2.04. The van der Waals surface area contributed by atoms with E-state index in [0.717, 1.165) is 29.9 Å². The number of aromatic nitrogens is 2. The Hall–Kier alpha value is -0.650. The van der Waals surface area contributed by atoms with Gasteiger partial charge in [0.05, 0.1) is 21.4 Å². The van der Waals surface area contributed by atoms with Gasteiger partial charge in [0.15, 0.2) is 0 Å². The van der Waals surface area contributed by atoms with Gasteiger partial charge in [-0.15, -0.1) is 11.6 Å². The minimum atomic E-state index is -0.281. The largest absolute Gasteiger partial charge is 0.326 e. The Balaban J connectivity index is 2.37. The number of likely N-dealkylation sites (N-methyl/N-ethyl adjacent to an activating group) is 1. The molecule has 0 aliphatic carbocycles. The zero-order chi connectivity index (χ0) is 14.9. The minimum Gasteiger partial charge on any atom is -0.326 e. The standard InChI is InChI=1S/C14H18BrClFN3/c1-9(2)19(3)4-5-20-13-7-11(17)10(15)6-12(13)18-14(20)8-16/h6-7,9H,4-5,8H2,1-3H3. The van der Waals surface area contributed by atoms with Crippen molar-refractivity contribution in [1.82, 2.24) is 14.5 Å². The zero-order valence-electron chi connectivity index (χ0n) is 11.8. The summed E-state index contributed by atoms with van der Waals surface area (Å²) in [6.07, 6.45) is 0. The summed E-state index contributed by atoms with van der Waals surface area (Å²) in [5, 5.41) is 0. The average molecular weight is 363 g/mol.